The Morgan fingerprint density at radius 1 is 0.935 bits per heavy atom. The molecule has 160 valence electrons. The highest BCUT2D eigenvalue weighted by molar-refractivity contribution is 6.33. The van der Waals surface area contributed by atoms with Crippen LogP contribution in [0.1, 0.15) is 30.4 Å². The minimum absolute atomic E-state index is 0.493. The third-order valence-electron chi connectivity index (χ3n) is 5.42. The minimum Gasteiger partial charge on any atom is -0.493 e. The molecule has 5 heteroatoms. The Hall–Kier alpha value is -2.98. The third-order valence-corrected chi connectivity index (χ3v) is 5.72. The van der Waals surface area contributed by atoms with Gasteiger partial charge in [0.05, 0.1) is 23.5 Å². The van der Waals surface area contributed by atoms with Gasteiger partial charge in [0.15, 0.2) is 11.5 Å². The van der Waals surface area contributed by atoms with Gasteiger partial charge < -0.3 is 14.4 Å². The fraction of sp³-hybridized carbons (Fsp3) is 0.269. The zero-order valence-corrected chi connectivity index (χ0v) is 18.5. The molecule has 0 N–H and O–H groups in total. The van der Waals surface area contributed by atoms with Crippen molar-refractivity contribution in [3.8, 4) is 11.5 Å². The lowest BCUT2D eigenvalue weighted by Gasteiger charge is -2.29. The standard InChI is InChI=1S/C26H27ClN2O2/c1-30-26-16-21(10-13-25(26)31-19-20-8-4-2-5-9-20)18-28-22-11-12-24(23(27)17-22)29-14-6-3-7-15-29/h2,4-5,8-13,16-18H,3,6-7,14-15,19H2,1H3. The van der Waals surface area contributed by atoms with Crippen LogP contribution in [-0.4, -0.2) is 26.4 Å². The van der Waals surface area contributed by atoms with Crippen LogP contribution in [0.3, 0.4) is 0 Å². The van der Waals surface area contributed by atoms with Gasteiger partial charge in [0, 0.05) is 19.3 Å². The Balaban J connectivity index is 1.44. The average molecular weight is 435 g/mol. The second-order valence-corrected chi connectivity index (χ2v) is 8.03. The van der Waals surface area contributed by atoms with Crippen LogP contribution in [0.15, 0.2) is 71.7 Å². The maximum absolute atomic E-state index is 6.55. The molecule has 0 radical (unpaired) electrons. The van der Waals surface area contributed by atoms with E-state index in [0.717, 1.165) is 40.6 Å². The Bertz CT molecular complexity index is 1030. The van der Waals surface area contributed by atoms with Gasteiger partial charge >= 0.3 is 0 Å². The fourth-order valence-electron chi connectivity index (χ4n) is 3.74. The number of anilines is 1. The molecule has 1 saturated heterocycles. The van der Waals surface area contributed by atoms with Crippen molar-refractivity contribution in [2.45, 2.75) is 25.9 Å². The number of aliphatic imine (C=N–C) groups is 1. The van der Waals surface area contributed by atoms with Crippen LogP contribution in [0.5, 0.6) is 11.5 Å². The number of hydrogen-bond acceptors (Lipinski definition) is 4. The molecule has 3 aromatic carbocycles. The highest BCUT2D eigenvalue weighted by Gasteiger charge is 2.14. The monoisotopic (exact) mass is 434 g/mol. The Kier molecular flexibility index (Phi) is 7.11. The molecule has 0 unspecified atom stereocenters. The summed E-state index contributed by atoms with van der Waals surface area (Å²) in [5, 5.41) is 0.749. The normalized spacial score (nSPS) is 14.1. The number of halogens is 1. The molecular formula is C26H27ClN2O2. The van der Waals surface area contributed by atoms with Gasteiger partial charge in [-0.1, -0.05) is 41.9 Å². The second-order valence-electron chi connectivity index (χ2n) is 7.63. The van der Waals surface area contributed by atoms with E-state index < -0.39 is 0 Å². The summed E-state index contributed by atoms with van der Waals surface area (Å²) in [6.07, 6.45) is 5.57. The van der Waals surface area contributed by atoms with Crippen molar-refractivity contribution in [3.05, 3.63) is 82.9 Å². The molecule has 0 bridgehead atoms. The number of methoxy groups -OCH3 is 1. The van der Waals surface area contributed by atoms with E-state index in [0.29, 0.717) is 18.1 Å². The van der Waals surface area contributed by atoms with E-state index in [1.807, 2.05) is 66.9 Å². The maximum atomic E-state index is 6.55. The van der Waals surface area contributed by atoms with Crippen LogP contribution in [0.4, 0.5) is 11.4 Å². The van der Waals surface area contributed by atoms with Crippen LogP contribution in [0, 0.1) is 0 Å². The Morgan fingerprint density at radius 3 is 2.48 bits per heavy atom. The molecule has 0 atom stereocenters. The van der Waals surface area contributed by atoms with Crippen LogP contribution in [0.25, 0.3) is 0 Å². The molecule has 31 heavy (non-hydrogen) atoms. The molecule has 1 fully saturated rings. The van der Waals surface area contributed by atoms with Crippen molar-refractivity contribution in [3.63, 3.8) is 0 Å². The predicted molar refractivity (Wildman–Crippen MR) is 129 cm³/mol. The first-order chi connectivity index (χ1) is 15.2. The third kappa shape index (κ3) is 5.59. The predicted octanol–water partition coefficient (Wildman–Crippen LogP) is 6.67. The molecule has 0 saturated carbocycles. The highest BCUT2D eigenvalue weighted by atomic mass is 35.5. The first-order valence-corrected chi connectivity index (χ1v) is 11.0. The van der Waals surface area contributed by atoms with Gasteiger partial charge in [0.2, 0.25) is 0 Å². The van der Waals surface area contributed by atoms with Gasteiger partial charge in [0.1, 0.15) is 6.61 Å². The summed E-state index contributed by atoms with van der Waals surface area (Å²) < 4.78 is 11.4. The summed E-state index contributed by atoms with van der Waals surface area (Å²) in [7, 11) is 1.64. The number of hydrogen-bond donors (Lipinski definition) is 0. The van der Waals surface area contributed by atoms with E-state index in [1.54, 1.807) is 7.11 Å². The van der Waals surface area contributed by atoms with E-state index in [-0.39, 0.29) is 0 Å². The van der Waals surface area contributed by atoms with Gasteiger partial charge in [-0.2, -0.15) is 0 Å². The fourth-order valence-corrected chi connectivity index (χ4v) is 4.03. The van der Waals surface area contributed by atoms with Crippen LogP contribution in [0.2, 0.25) is 5.02 Å². The number of nitrogens with zero attached hydrogens (tertiary/aromatic N) is 2. The quantitative estimate of drug-likeness (QED) is 0.389. The summed E-state index contributed by atoms with van der Waals surface area (Å²) in [6, 6.07) is 21.9. The molecule has 0 aromatic heterocycles. The molecule has 4 nitrogen and oxygen atoms in total. The first-order valence-electron chi connectivity index (χ1n) is 10.7. The van der Waals surface area contributed by atoms with Gasteiger partial charge in [0.25, 0.3) is 0 Å². The van der Waals surface area contributed by atoms with E-state index in [9.17, 15) is 0 Å². The summed E-state index contributed by atoms with van der Waals surface area (Å²) in [5.41, 5.74) is 3.97. The first kappa shape index (κ1) is 21.3. The molecule has 0 amide bonds. The summed E-state index contributed by atoms with van der Waals surface area (Å²) in [6.45, 7) is 2.63. The van der Waals surface area contributed by atoms with E-state index in [2.05, 4.69) is 16.0 Å². The summed E-state index contributed by atoms with van der Waals surface area (Å²) >= 11 is 6.55. The topological polar surface area (TPSA) is 34.1 Å². The Labute approximate surface area is 189 Å². The number of piperidine rings is 1. The smallest absolute Gasteiger partial charge is 0.161 e. The molecular weight excluding hydrogens is 408 g/mol. The zero-order valence-electron chi connectivity index (χ0n) is 17.8. The SMILES string of the molecule is COc1cc(C=Nc2ccc(N3CCCCC3)c(Cl)c2)ccc1OCc1ccccc1. The lowest BCUT2D eigenvalue weighted by Crippen LogP contribution is -2.29. The molecule has 1 aliphatic heterocycles. The minimum atomic E-state index is 0.493. The molecule has 4 rings (SSSR count). The number of ether oxygens (including phenoxy) is 2. The van der Waals surface area contributed by atoms with Crippen LogP contribution in [-0.2, 0) is 6.61 Å². The lowest BCUT2D eigenvalue weighted by atomic mass is 10.1. The maximum Gasteiger partial charge on any atom is 0.161 e. The van der Waals surface area contributed by atoms with E-state index in [4.69, 9.17) is 21.1 Å². The molecule has 0 spiro atoms. The van der Waals surface area contributed by atoms with Gasteiger partial charge in [-0.3, -0.25) is 4.99 Å². The molecule has 1 heterocycles. The zero-order chi connectivity index (χ0) is 21.5. The van der Waals surface area contributed by atoms with Crippen molar-refractivity contribution < 1.29 is 9.47 Å². The van der Waals surface area contributed by atoms with E-state index >= 15 is 0 Å². The second kappa shape index (κ2) is 10.4. The summed E-state index contributed by atoms with van der Waals surface area (Å²) in [4.78, 5) is 6.96. The molecule has 1 aliphatic rings. The van der Waals surface area contributed by atoms with Crippen molar-refractivity contribution in [1.82, 2.24) is 0 Å². The van der Waals surface area contributed by atoms with E-state index in [1.165, 1.54) is 19.3 Å². The van der Waals surface area contributed by atoms with Crippen molar-refractivity contribution in [1.29, 1.82) is 0 Å². The van der Waals surface area contributed by atoms with Crippen molar-refractivity contribution in [2.75, 3.05) is 25.1 Å². The van der Waals surface area contributed by atoms with Crippen LogP contribution < -0.4 is 14.4 Å². The Morgan fingerprint density at radius 2 is 1.74 bits per heavy atom. The van der Waals surface area contributed by atoms with Gasteiger partial charge in [-0.25, -0.2) is 0 Å². The van der Waals surface area contributed by atoms with Crippen molar-refractivity contribution >= 4 is 29.2 Å². The number of rotatable bonds is 7. The largest absolute Gasteiger partial charge is 0.493 e. The lowest BCUT2D eigenvalue weighted by molar-refractivity contribution is 0.284. The highest BCUT2D eigenvalue weighted by Crippen LogP contribution is 2.32. The molecule has 0 aliphatic carbocycles. The number of benzene rings is 3. The van der Waals surface area contributed by atoms with Crippen molar-refractivity contribution in [2.24, 2.45) is 4.99 Å². The average Bonchev–Trinajstić information content (AvgIpc) is 2.83. The van der Waals surface area contributed by atoms with Crippen LogP contribution >= 0.6 is 11.6 Å². The summed E-state index contributed by atoms with van der Waals surface area (Å²) in [5.74, 6) is 1.38. The van der Waals surface area contributed by atoms with Gasteiger partial charge in [-0.15, -0.1) is 0 Å². The molecule has 3 aromatic rings. The van der Waals surface area contributed by atoms with Gasteiger partial charge in [-0.05, 0) is 66.8 Å².